The van der Waals surface area contributed by atoms with Crippen molar-refractivity contribution in [3.8, 4) is 5.75 Å². The van der Waals surface area contributed by atoms with E-state index in [2.05, 4.69) is 13.8 Å². The molecule has 1 aromatic carbocycles. The van der Waals surface area contributed by atoms with Crippen molar-refractivity contribution in [2.75, 3.05) is 18.1 Å². The number of rotatable bonds is 10. The van der Waals surface area contributed by atoms with Crippen LogP contribution in [0.2, 0.25) is 10.0 Å². The monoisotopic (exact) mass is 527 g/mol. The van der Waals surface area contributed by atoms with Gasteiger partial charge < -0.3 is 14.1 Å². The summed E-state index contributed by atoms with van der Waals surface area (Å²) < 4.78 is 36.1. The highest BCUT2D eigenvalue weighted by atomic mass is 35.5. The molecule has 0 radical (unpaired) electrons. The number of sulfone groups is 1. The van der Waals surface area contributed by atoms with Gasteiger partial charge in [-0.1, -0.05) is 49.9 Å². The van der Waals surface area contributed by atoms with Gasteiger partial charge in [0.05, 0.1) is 34.7 Å². The summed E-state index contributed by atoms with van der Waals surface area (Å²) in [6.07, 6.45) is 4.49. The molecule has 2 aliphatic rings. The van der Waals surface area contributed by atoms with E-state index in [-0.39, 0.29) is 34.0 Å². The van der Waals surface area contributed by atoms with E-state index in [1.165, 1.54) is 0 Å². The minimum absolute atomic E-state index is 0.0634. The van der Waals surface area contributed by atoms with Crippen molar-refractivity contribution in [3.05, 3.63) is 51.4 Å². The van der Waals surface area contributed by atoms with Crippen molar-refractivity contribution in [2.45, 2.75) is 64.5 Å². The van der Waals surface area contributed by atoms with Crippen LogP contribution < -0.4 is 4.74 Å². The molecule has 4 rings (SSSR count). The van der Waals surface area contributed by atoms with Crippen LogP contribution >= 0.6 is 23.2 Å². The van der Waals surface area contributed by atoms with Crippen molar-refractivity contribution in [1.82, 2.24) is 4.90 Å². The Morgan fingerprint density at radius 3 is 2.50 bits per heavy atom. The van der Waals surface area contributed by atoms with Crippen LogP contribution in [0, 0.1) is 5.92 Å². The summed E-state index contributed by atoms with van der Waals surface area (Å²) in [6.45, 7) is 4.96. The fourth-order valence-corrected chi connectivity index (χ4v) is 6.79. The van der Waals surface area contributed by atoms with Crippen LogP contribution in [0.15, 0.2) is 28.7 Å². The smallest absolute Gasteiger partial charge is 0.254 e. The molecule has 34 heavy (non-hydrogen) atoms. The number of furan rings is 1. The van der Waals surface area contributed by atoms with Gasteiger partial charge in [-0.2, -0.15) is 0 Å². The molecule has 1 amide bonds. The summed E-state index contributed by atoms with van der Waals surface area (Å²) >= 11 is 12.9. The molecule has 1 aliphatic heterocycles. The first-order chi connectivity index (χ1) is 16.2. The highest BCUT2D eigenvalue weighted by Gasteiger charge is 2.38. The highest BCUT2D eigenvalue weighted by molar-refractivity contribution is 7.91. The van der Waals surface area contributed by atoms with E-state index < -0.39 is 15.9 Å². The van der Waals surface area contributed by atoms with E-state index in [1.54, 1.807) is 17.0 Å². The van der Waals surface area contributed by atoms with Gasteiger partial charge in [-0.05, 0) is 49.4 Å². The SMILES string of the molecule is CCCCCOc1c(Cl)cc(C(=O)N(Cc2ccc(C3CC3C)o2)C2CCS(=O)(=O)C2)cc1Cl. The van der Waals surface area contributed by atoms with Crippen molar-refractivity contribution in [1.29, 1.82) is 0 Å². The third kappa shape index (κ3) is 5.92. The lowest BCUT2D eigenvalue weighted by Crippen LogP contribution is -2.40. The van der Waals surface area contributed by atoms with E-state index in [0.717, 1.165) is 31.4 Å². The summed E-state index contributed by atoms with van der Waals surface area (Å²) in [5.74, 6) is 2.62. The van der Waals surface area contributed by atoms with E-state index in [0.29, 0.717) is 41.9 Å². The Bertz CT molecular complexity index is 1120. The number of unbranched alkanes of at least 4 members (excludes halogenated alkanes) is 2. The van der Waals surface area contributed by atoms with Gasteiger partial charge in [0.15, 0.2) is 15.6 Å². The Balaban J connectivity index is 1.55. The maximum Gasteiger partial charge on any atom is 0.254 e. The molecular formula is C25H31Cl2NO5S. The Kier molecular flexibility index (Phi) is 7.85. The minimum atomic E-state index is -3.19. The molecule has 6 nitrogen and oxygen atoms in total. The fourth-order valence-electron chi connectivity index (χ4n) is 4.47. The molecule has 1 aromatic heterocycles. The first kappa shape index (κ1) is 25.4. The molecule has 3 unspecified atom stereocenters. The van der Waals surface area contributed by atoms with Crippen LogP contribution in [0.25, 0.3) is 0 Å². The number of ether oxygens (including phenoxy) is 1. The topological polar surface area (TPSA) is 76.8 Å². The molecule has 0 spiro atoms. The standard InChI is InChI=1S/C25H31Cl2NO5S/c1-3-4-5-9-32-24-21(26)12-17(13-22(24)27)25(29)28(18-8-10-34(30,31)15-18)14-19-6-7-23(33-19)20-11-16(20)2/h6-7,12-13,16,18,20H,3-5,8-11,14-15H2,1-2H3. The zero-order chi connectivity index (χ0) is 24.5. The molecule has 0 N–H and O–H groups in total. The van der Waals surface area contributed by atoms with E-state index in [9.17, 15) is 13.2 Å². The van der Waals surface area contributed by atoms with E-state index in [1.807, 2.05) is 12.1 Å². The van der Waals surface area contributed by atoms with E-state index in [4.69, 9.17) is 32.4 Å². The van der Waals surface area contributed by atoms with Gasteiger partial charge >= 0.3 is 0 Å². The molecule has 2 aromatic rings. The van der Waals surface area contributed by atoms with Crippen LogP contribution in [-0.4, -0.2) is 43.4 Å². The van der Waals surface area contributed by atoms with Crippen LogP contribution in [0.3, 0.4) is 0 Å². The van der Waals surface area contributed by atoms with Crippen LogP contribution in [0.5, 0.6) is 5.75 Å². The molecule has 1 aliphatic carbocycles. The molecule has 2 fully saturated rings. The Morgan fingerprint density at radius 1 is 1.21 bits per heavy atom. The zero-order valence-corrected chi connectivity index (χ0v) is 21.9. The second-order valence-electron chi connectivity index (χ2n) is 9.44. The molecule has 186 valence electrons. The van der Waals surface area contributed by atoms with Gasteiger partial charge in [-0.25, -0.2) is 8.42 Å². The molecule has 3 atom stereocenters. The molecule has 1 saturated carbocycles. The molecule has 1 saturated heterocycles. The van der Waals surface area contributed by atoms with Crippen molar-refractivity contribution >= 4 is 38.9 Å². The zero-order valence-electron chi connectivity index (χ0n) is 19.6. The summed E-state index contributed by atoms with van der Waals surface area (Å²) in [6, 6.07) is 6.47. The van der Waals surface area contributed by atoms with Crippen molar-refractivity contribution in [2.24, 2.45) is 5.92 Å². The fraction of sp³-hybridized carbons (Fsp3) is 0.560. The van der Waals surface area contributed by atoms with Gasteiger partial charge in [0.2, 0.25) is 0 Å². The van der Waals surface area contributed by atoms with Crippen molar-refractivity contribution < 1.29 is 22.4 Å². The quantitative estimate of drug-likeness (QED) is 0.348. The summed E-state index contributed by atoms with van der Waals surface area (Å²) in [7, 11) is -3.19. The van der Waals surface area contributed by atoms with Crippen LogP contribution in [-0.2, 0) is 16.4 Å². The van der Waals surface area contributed by atoms with Gasteiger partial charge in [0, 0.05) is 17.5 Å². The van der Waals surface area contributed by atoms with Gasteiger partial charge in [0.25, 0.3) is 5.91 Å². The molecule has 9 heteroatoms. The average molecular weight is 528 g/mol. The summed E-state index contributed by atoms with van der Waals surface area (Å²) in [4.78, 5) is 15.2. The number of nitrogens with zero attached hydrogens (tertiary/aromatic N) is 1. The third-order valence-electron chi connectivity index (χ3n) is 6.63. The van der Waals surface area contributed by atoms with Gasteiger partial charge in [0.1, 0.15) is 11.5 Å². The number of halogens is 2. The van der Waals surface area contributed by atoms with Gasteiger partial charge in [-0.15, -0.1) is 0 Å². The number of benzene rings is 1. The Morgan fingerprint density at radius 2 is 1.91 bits per heavy atom. The minimum Gasteiger partial charge on any atom is -0.490 e. The van der Waals surface area contributed by atoms with E-state index >= 15 is 0 Å². The number of hydrogen-bond acceptors (Lipinski definition) is 5. The number of carbonyl (C=O) groups is 1. The lowest BCUT2D eigenvalue weighted by atomic mass is 10.1. The molecule has 2 heterocycles. The van der Waals surface area contributed by atoms with Crippen molar-refractivity contribution in [3.63, 3.8) is 0 Å². The highest BCUT2D eigenvalue weighted by Crippen LogP contribution is 2.47. The predicted octanol–water partition coefficient (Wildman–Crippen LogP) is 6.11. The Labute approximate surface area is 211 Å². The second kappa shape index (κ2) is 10.5. The van der Waals surface area contributed by atoms with Crippen LogP contribution in [0.4, 0.5) is 0 Å². The third-order valence-corrected chi connectivity index (χ3v) is 8.94. The number of carbonyl (C=O) groups excluding carboxylic acids is 1. The number of hydrogen-bond donors (Lipinski definition) is 0. The molecular weight excluding hydrogens is 497 g/mol. The molecule has 0 bridgehead atoms. The normalized spacial score (nSPS) is 23.1. The maximum atomic E-state index is 13.6. The first-order valence-corrected chi connectivity index (χ1v) is 14.5. The van der Waals surface area contributed by atoms with Gasteiger partial charge in [-0.3, -0.25) is 4.79 Å². The summed E-state index contributed by atoms with van der Waals surface area (Å²) in [5, 5.41) is 0.517. The number of amides is 1. The first-order valence-electron chi connectivity index (χ1n) is 11.9. The van der Waals surface area contributed by atoms with Crippen LogP contribution in [0.1, 0.15) is 73.7 Å². The summed E-state index contributed by atoms with van der Waals surface area (Å²) in [5.41, 5.74) is 0.294. The average Bonchev–Trinajstić information content (AvgIpc) is 3.16. The lowest BCUT2D eigenvalue weighted by Gasteiger charge is -2.28. The largest absolute Gasteiger partial charge is 0.490 e. The Hall–Kier alpha value is -1.70. The lowest BCUT2D eigenvalue weighted by molar-refractivity contribution is 0.0665. The maximum absolute atomic E-state index is 13.6. The predicted molar refractivity (Wildman–Crippen MR) is 134 cm³/mol. The second-order valence-corrected chi connectivity index (χ2v) is 12.5.